The Morgan fingerprint density at radius 1 is 1.21 bits per heavy atom. The second-order valence-corrected chi connectivity index (χ2v) is 4.80. The van der Waals surface area contributed by atoms with E-state index in [0.717, 1.165) is 6.42 Å². The zero-order valence-corrected chi connectivity index (χ0v) is 8.57. The van der Waals surface area contributed by atoms with Crippen LogP contribution in [0, 0.1) is 11.8 Å². The molecule has 1 atom stereocenters. The molecule has 1 nitrogen and oxygen atoms in total. The zero-order valence-electron chi connectivity index (χ0n) is 8.57. The predicted molar refractivity (Wildman–Crippen MR) is 52.5 cm³/mol. The summed E-state index contributed by atoms with van der Waals surface area (Å²) in [4.78, 5) is 0. The van der Waals surface area contributed by atoms with Crippen LogP contribution in [0.3, 0.4) is 0 Å². The number of halogens is 2. The van der Waals surface area contributed by atoms with E-state index < -0.39 is 11.8 Å². The fraction of sp³-hybridized carbons (Fsp3) is 1.00. The molecule has 0 aromatic rings. The van der Waals surface area contributed by atoms with Crippen molar-refractivity contribution in [1.82, 2.24) is 5.32 Å². The molecule has 1 heterocycles. The maximum atomic E-state index is 13.5. The van der Waals surface area contributed by atoms with Crippen molar-refractivity contribution in [2.75, 3.05) is 13.1 Å². The van der Waals surface area contributed by atoms with Crippen LogP contribution in [0.25, 0.3) is 0 Å². The first-order valence-corrected chi connectivity index (χ1v) is 5.77. The third-order valence-corrected chi connectivity index (χ3v) is 3.72. The molecular formula is C11H19F2N. The van der Waals surface area contributed by atoms with Crippen molar-refractivity contribution in [3.63, 3.8) is 0 Å². The van der Waals surface area contributed by atoms with Crippen LogP contribution in [-0.4, -0.2) is 19.0 Å². The molecule has 1 unspecified atom stereocenters. The minimum atomic E-state index is -2.41. The summed E-state index contributed by atoms with van der Waals surface area (Å²) in [5, 5.41) is 3.08. The fourth-order valence-corrected chi connectivity index (χ4v) is 2.79. The van der Waals surface area contributed by atoms with Gasteiger partial charge in [-0.15, -0.1) is 0 Å². The van der Waals surface area contributed by atoms with E-state index in [1.165, 1.54) is 25.7 Å². The van der Waals surface area contributed by atoms with Crippen LogP contribution in [-0.2, 0) is 0 Å². The Balaban J connectivity index is 1.88. The van der Waals surface area contributed by atoms with Gasteiger partial charge in [0.2, 0.25) is 0 Å². The topological polar surface area (TPSA) is 12.0 Å². The molecule has 1 saturated heterocycles. The van der Waals surface area contributed by atoms with Crippen LogP contribution in [0.15, 0.2) is 0 Å². The first-order chi connectivity index (χ1) is 6.68. The highest BCUT2D eigenvalue weighted by atomic mass is 19.3. The number of nitrogens with one attached hydrogen (secondary N) is 1. The average Bonchev–Trinajstić information content (AvgIpc) is 2.61. The molecule has 3 heteroatoms. The standard InChI is InChI=1S/C11H19F2N/c12-11(13)5-6-14-8-10(11)7-9-3-1-2-4-9/h9-10,14H,1-8H2. The summed E-state index contributed by atoms with van der Waals surface area (Å²) in [5.74, 6) is -2.24. The van der Waals surface area contributed by atoms with Crippen LogP contribution in [0.1, 0.15) is 38.5 Å². The normalized spacial score (nSPS) is 33.4. The van der Waals surface area contributed by atoms with Gasteiger partial charge in [-0.1, -0.05) is 25.7 Å². The summed E-state index contributed by atoms with van der Waals surface area (Å²) in [6, 6.07) is 0. The Bertz CT molecular complexity index is 188. The molecule has 1 aliphatic heterocycles. The Labute approximate surface area is 84.3 Å². The summed E-state index contributed by atoms with van der Waals surface area (Å²) in [7, 11) is 0. The molecule has 0 bridgehead atoms. The Kier molecular flexibility index (Phi) is 3.05. The highest BCUT2D eigenvalue weighted by Crippen LogP contribution is 2.38. The SMILES string of the molecule is FC1(F)CCNCC1CC1CCCC1. The van der Waals surface area contributed by atoms with Crippen molar-refractivity contribution in [2.45, 2.75) is 44.4 Å². The molecule has 1 aliphatic carbocycles. The lowest BCUT2D eigenvalue weighted by molar-refractivity contribution is -0.0851. The highest BCUT2D eigenvalue weighted by Gasteiger charge is 2.42. The minimum Gasteiger partial charge on any atom is -0.316 e. The quantitative estimate of drug-likeness (QED) is 0.727. The lowest BCUT2D eigenvalue weighted by Gasteiger charge is -2.33. The molecule has 82 valence electrons. The molecular weight excluding hydrogens is 184 g/mol. The molecule has 2 fully saturated rings. The summed E-state index contributed by atoms with van der Waals surface area (Å²) in [5.41, 5.74) is 0. The molecule has 0 aromatic heterocycles. The minimum absolute atomic E-state index is 0.0321. The van der Waals surface area contributed by atoms with Crippen molar-refractivity contribution in [1.29, 1.82) is 0 Å². The zero-order chi connectivity index (χ0) is 10.0. The third kappa shape index (κ3) is 2.25. The molecule has 0 spiro atoms. The first kappa shape index (κ1) is 10.3. The number of alkyl halides is 2. The van der Waals surface area contributed by atoms with Gasteiger partial charge >= 0.3 is 0 Å². The maximum Gasteiger partial charge on any atom is 0.253 e. The van der Waals surface area contributed by atoms with E-state index in [1.807, 2.05) is 0 Å². The van der Waals surface area contributed by atoms with Crippen LogP contribution in [0.2, 0.25) is 0 Å². The molecule has 0 aromatic carbocycles. The third-order valence-electron chi connectivity index (χ3n) is 3.72. The number of hydrogen-bond donors (Lipinski definition) is 1. The average molecular weight is 203 g/mol. The van der Waals surface area contributed by atoms with Gasteiger partial charge in [0.1, 0.15) is 0 Å². The van der Waals surface area contributed by atoms with E-state index in [4.69, 9.17) is 0 Å². The summed E-state index contributed by atoms with van der Waals surface area (Å²) in [6.07, 6.45) is 5.61. The summed E-state index contributed by atoms with van der Waals surface area (Å²) in [6.45, 7) is 0.998. The van der Waals surface area contributed by atoms with Crippen LogP contribution in [0.4, 0.5) is 8.78 Å². The van der Waals surface area contributed by atoms with Crippen molar-refractivity contribution >= 4 is 0 Å². The molecule has 2 rings (SSSR count). The molecule has 1 N–H and O–H groups in total. The van der Waals surface area contributed by atoms with Gasteiger partial charge in [-0.25, -0.2) is 8.78 Å². The second-order valence-electron chi connectivity index (χ2n) is 4.80. The van der Waals surface area contributed by atoms with Crippen molar-refractivity contribution in [2.24, 2.45) is 11.8 Å². The van der Waals surface area contributed by atoms with E-state index >= 15 is 0 Å². The van der Waals surface area contributed by atoms with E-state index in [2.05, 4.69) is 5.32 Å². The first-order valence-electron chi connectivity index (χ1n) is 5.77. The van der Waals surface area contributed by atoms with Crippen molar-refractivity contribution < 1.29 is 8.78 Å². The molecule has 2 aliphatic rings. The van der Waals surface area contributed by atoms with Crippen molar-refractivity contribution in [3.05, 3.63) is 0 Å². The van der Waals surface area contributed by atoms with Crippen molar-refractivity contribution in [3.8, 4) is 0 Å². The summed E-state index contributed by atoms with van der Waals surface area (Å²) >= 11 is 0. The number of piperidine rings is 1. The highest BCUT2D eigenvalue weighted by molar-refractivity contribution is 4.86. The van der Waals surface area contributed by atoms with Gasteiger partial charge in [0.25, 0.3) is 5.92 Å². The lowest BCUT2D eigenvalue weighted by atomic mass is 9.85. The van der Waals surface area contributed by atoms with Crippen LogP contribution in [0.5, 0.6) is 0 Å². The van der Waals surface area contributed by atoms with Gasteiger partial charge in [0.15, 0.2) is 0 Å². The van der Waals surface area contributed by atoms with Crippen LogP contribution >= 0.6 is 0 Å². The van der Waals surface area contributed by atoms with Gasteiger partial charge in [-0.3, -0.25) is 0 Å². The molecule has 1 saturated carbocycles. The lowest BCUT2D eigenvalue weighted by Crippen LogP contribution is -2.45. The maximum absolute atomic E-state index is 13.5. The molecule has 14 heavy (non-hydrogen) atoms. The molecule has 0 radical (unpaired) electrons. The summed E-state index contributed by atoms with van der Waals surface area (Å²) < 4.78 is 27.0. The van der Waals surface area contributed by atoms with E-state index in [9.17, 15) is 8.78 Å². The molecule has 0 amide bonds. The monoisotopic (exact) mass is 203 g/mol. The van der Waals surface area contributed by atoms with Gasteiger partial charge in [0, 0.05) is 25.4 Å². The van der Waals surface area contributed by atoms with Gasteiger partial charge < -0.3 is 5.32 Å². The van der Waals surface area contributed by atoms with Gasteiger partial charge in [-0.05, 0) is 12.3 Å². The number of rotatable bonds is 2. The van der Waals surface area contributed by atoms with Crippen LogP contribution < -0.4 is 5.32 Å². The Morgan fingerprint density at radius 2 is 1.93 bits per heavy atom. The van der Waals surface area contributed by atoms with E-state index in [-0.39, 0.29) is 6.42 Å². The van der Waals surface area contributed by atoms with E-state index in [1.54, 1.807) is 0 Å². The number of hydrogen-bond acceptors (Lipinski definition) is 1. The fourth-order valence-electron chi connectivity index (χ4n) is 2.79. The van der Waals surface area contributed by atoms with Gasteiger partial charge in [0.05, 0.1) is 0 Å². The second kappa shape index (κ2) is 4.13. The Morgan fingerprint density at radius 3 is 2.57 bits per heavy atom. The smallest absolute Gasteiger partial charge is 0.253 e. The predicted octanol–water partition coefficient (Wildman–Crippen LogP) is 2.81. The van der Waals surface area contributed by atoms with Gasteiger partial charge in [-0.2, -0.15) is 0 Å². The van der Waals surface area contributed by atoms with E-state index in [0.29, 0.717) is 19.0 Å². The largest absolute Gasteiger partial charge is 0.316 e. The Hall–Kier alpha value is -0.180.